The molecule has 0 N–H and O–H groups in total. The van der Waals surface area contributed by atoms with Crippen molar-refractivity contribution in [2.75, 3.05) is 32.9 Å². The van der Waals surface area contributed by atoms with Crippen molar-refractivity contribution in [3.8, 4) is 0 Å². The summed E-state index contributed by atoms with van der Waals surface area (Å²) in [7, 11) is -1.96. The van der Waals surface area contributed by atoms with Crippen LogP contribution in [0.25, 0.3) is 0 Å². The smallest absolute Gasteiger partial charge is 0.200 e. The van der Waals surface area contributed by atoms with Gasteiger partial charge in [0.1, 0.15) is 0 Å². The Hall–Kier alpha value is -0.433. The van der Waals surface area contributed by atoms with E-state index in [1.165, 1.54) is 37.7 Å². The van der Waals surface area contributed by atoms with Crippen LogP contribution in [0.2, 0.25) is 21.6 Å². The summed E-state index contributed by atoms with van der Waals surface area (Å²) in [5.41, 5.74) is 3.44. The summed E-state index contributed by atoms with van der Waals surface area (Å²) in [6, 6.07) is 9.02. The van der Waals surface area contributed by atoms with Gasteiger partial charge in [-0.15, -0.1) is 0 Å². The molecule has 1 saturated heterocycles. The lowest BCUT2D eigenvalue weighted by Crippen LogP contribution is -2.58. The third kappa shape index (κ3) is 7.21. The quantitative estimate of drug-likeness (QED) is 0.171. The zero-order chi connectivity index (χ0) is 27.2. The summed E-state index contributed by atoms with van der Waals surface area (Å²) in [6.45, 7) is 22.8. The van der Waals surface area contributed by atoms with Gasteiger partial charge >= 0.3 is 0 Å². The highest BCUT2D eigenvalue weighted by Gasteiger charge is 2.48. The van der Waals surface area contributed by atoms with E-state index in [9.17, 15) is 0 Å². The standard InChI is InChI=1S/C31H54ClNO3Si/c1-9-34-26(8)35-20-27-12-10-19-33(22-31(17-11-18-31)28-13-15-29(32)16-14-28)30(27)21-36-37(23(2)3,24(4)5)25(6)7/h13-16,23-27,30H,9-12,17-22H2,1-8H3. The van der Waals surface area contributed by atoms with E-state index in [2.05, 4.69) is 70.7 Å². The van der Waals surface area contributed by atoms with E-state index in [-0.39, 0.29) is 11.7 Å². The van der Waals surface area contributed by atoms with Gasteiger partial charge in [-0.1, -0.05) is 71.7 Å². The second-order valence-electron chi connectivity index (χ2n) is 12.6. The molecule has 3 atom stereocenters. The molecule has 3 unspecified atom stereocenters. The van der Waals surface area contributed by atoms with E-state index in [1.54, 1.807) is 0 Å². The van der Waals surface area contributed by atoms with Gasteiger partial charge in [0.2, 0.25) is 0 Å². The Bertz CT molecular complexity index is 789. The molecule has 37 heavy (non-hydrogen) atoms. The minimum Gasteiger partial charge on any atom is -0.414 e. The Balaban J connectivity index is 1.85. The first-order chi connectivity index (χ1) is 17.6. The summed E-state index contributed by atoms with van der Waals surface area (Å²) in [4.78, 5) is 2.77. The molecule has 2 fully saturated rings. The number of hydrogen-bond donors (Lipinski definition) is 0. The molecule has 1 heterocycles. The first-order valence-corrected chi connectivity index (χ1v) is 17.4. The van der Waals surface area contributed by atoms with E-state index in [0.29, 0.717) is 35.2 Å². The second-order valence-corrected chi connectivity index (χ2v) is 18.5. The molecule has 0 spiro atoms. The number of piperidine rings is 1. The number of ether oxygens (including phenoxy) is 2. The molecule has 1 aliphatic carbocycles. The number of nitrogens with zero attached hydrogens (tertiary/aromatic N) is 1. The second kappa shape index (κ2) is 13.8. The largest absolute Gasteiger partial charge is 0.414 e. The van der Waals surface area contributed by atoms with Crippen LogP contribution in [0.1, 0.15) is 93.1 Å². The Morgan fingerprint density at radius 2 is 1.54 bits per heavy atom. The van der Waals surface area contributed by atoms with Crippen molar-refractivity contribution in [1.29, 1.82) is 0 Å². The van der Waals surface area contributed by atoms with Crippen LogP contribution in [0.3, 0.4) is 0 Å². The van der Waals surface area contributed by atoms with E-state index >= 15 is 0 Å². The van der Waals surface area contributed by atoms with Gasteiger partial charge in [0.15, 0.2) is 14.6 Å². The maximum Gasteiger partial charge on any atom is 0.200 e. The van der Waals surface area contributed by atoms with Crippen LogP contribution in [0.15, 0.2) is 24.3 Å². The molecule has 212 valence electrons. The number of benzene rings is 1. The first kappa shape index (κ1) is 31.1. The van der Waals surface area contributed by atoms with Crippen molar-refractivity contribution in [3.05, 3.63) is 34.9 Å². The molecule has 2 aliphatic rings. The third-order valence-electron chi connectivity index (χ3n) is 9.46. The van der Waals surface area contributed by atoms with E-state index in [4.69, 9.17) is 25.5 Å². The monoisotopic (exact) mass is 551 g/mol. The summed E-state index contributed by atoms with van der Waals surface area (Å²) in [5.74, 6) is 0.456. The van der Waals surface area contributed by atoms with Gasteiger partial charge in [-0.3, -0.25) is 4.90 Å². The van der Waals surface area contributed by atoms with E-state index in [0.717, 1.165) is 31.3 Å². The molecular formula is C31H54ClNO3Si. The summed E-state index contributed by atoms with van der Waals surface area (Å²) >= 11 is 6.25. The van der Waals surface area contributed by atoms with Crippen molar-refractivity contribution >= 4 is 19.9 Å². The molecule has 1 aliphatic heterocycles. The molecular weight excluding hydrogens is 498 g/mol. The Morgan fingerprint density at radius 3 is 2.05 bits per heavy atom. The highest BCUT2D eigenvalue weighted by atomic mass is 35.5. The lowest BCUT2D eigenvalue weighted by molar-refractivity contribution is -0.145. The lowest BCUT2D eigenvalue weighted by atomic mass is 9.63. The van der Waals surface area contributed by atoms with Gasteiger partial charge in [-0.2, -0.15) is 0 Å². The predicted octanol–water partition coefficient (Wildman–Crippen LogP) is 8.43. The molecule has 1 saturated carbocycles. The van der Waals surface area contributed by atoms with Crippen molar-refractivity contribution in [2.24, 2.45) is 5.92 Å². The van der Waals surface area contributed by atoms with Gasteiger partial charge in [0, 0.05) is 42.2 Å². The van der Waals surface area contributed by atoms with Crippen LogP contribution in [0, 0.1) is 5.92 Å². The average Bonchev–Trinajstić information content (AvgIpc) is 2.81. The summed E-state index contributed by atoms with van der Waals surface area (Å²) < 4.78 is 19.2. The Labute approximate surface area is 233 Å². The van der Waals surface area contributed by atoms with Gasteiger partial charge in [-0.25, -0.2) is 0 Å². The van der Waals surface area contributed by atoms with Crippen LogP contribution in [-0.2, 0) is 19.3 Å². The van der Waals surface area contributed by atoms with Crippen molar-refractivity contribution in [1.82, 2.24) is 4.90 Å². The van der Waals surface area contributed by atoms with Crippen molar-refractivity contribution in [3.63, 3.8) is 0 Å². The molecule has 0 amide bonds. The first-order valence-electron chi connectivity index (χ1n) is 14.9. The molecule has 1 aromatic carbocycles. The number of rotatable bonds is 14. The van der Waals surface area contributed by atoms with Crippen LogP contribution >= 0.6 is 11.6 Å². The third-order valence-corrected chi connectivity index (χ3v) is 15.8. The maximum absolute atomic E-state index is 7.25. The molecule has 1 aromatic rings. The Kier molecular flexibility index (Phi) is 11.6. The van der Waals surface area contributed by atoms with Crippen molar-refractivity contribution < 1.29 is 13.9 Å². The summed E-state index contributed by atoms with van der Waals surface area (Å²) in [6.07, 6.45) is 6.06. The highest BCUT2D eigenvalue weighted by molar-refractivity contribution is 6.77. The van der Waals surface area contributed by atoms with Crippen LogP contribution < -0.4 is 0 Å². The molecule has 0 aromatic heterocycles. The zero-order valence-corrected chi connectivity index (χ0v) is 26.7. The maximum atomic E-state index is 7.25. The predicted molar refractivity (Wildman–Crippen MR) is 159 cm³/mol. The summed E-state index contributed by atoms with van der Waals surface area (Å²) in [5, 5.41) is 0.820. The van der Waals surface area contributed by atoms with Crippen LogP contribution in [0.4, 0.5) is 0 Å². The van der Waals surface area contributed by atoms with Crippen LogP contribution in [0.5, 0.6) is 0 Å². The SMILES string of the molecule is CCOC(C)OCC1CCCN(CC2(c3ccc(Cl)cc3)CCC2)C1CO[Si](C(C)C)(C(C)C)C(C)C. The number of halogens is 1. The van der Waals surface area contributed by atoms with Gasteiger partial charge < -0.3 is 13.9 Å². The van der Waals surface area contributed by atoms with Gasteiger partial charge in [0.25, 0.3) is 0 Å². The topological polar surface area (TPSA) is 30.9 Å². The van der Waals surface area contributed by atoms with Gasteiger partial charge in [-0.05, 0) is 80.4 Å². The molecule has 0 radical (unpaired) electrons. The van der Waals surface area contributed by atoms with Crippen LogP contribution in [-0.4, -0.2) is 58.5 Å². The molecule has 6 heteroatoms. The van der Waals surface area contributed by atoms with Crippen molar-refractivity contribution in [2.45, 2.75) is 122 Å². The minimum atomic E-state index is -1.96. The fraction of sp³-hybridized carbons (Fsp3) is 0.806. The number of likely N-dealkylation sites (tertiary alicyclic amines) is 1. The lowest BCUT2D eigenvalue weighted by Gasteiger charge is -2.51. The van der Waals surface area contributed by atoms with E-state index in [1.807, 2.05) is 13.8 Å². The molecule has 4 nitrogen and oxygen atoms in total. The molecule has 3 rings (SSSR count). The van der Waals surface area contributed by atoms with Gasteiger partial charge in [0.05, 0.1) is 6.61 Å². The highest BCUT2D eigenvalue weighted by Crippen LogP contribution is 2.47. The zero-order valence-electron chi connectivity index (χ0n) is 24.9. The fourth-order valence-electron chi connectivity index (χ4n) is 7.45. The Morgan fingerprint density at radius 1 is 0.919 bits per heavy atom. The average molecular weight is 552 g/mol. The van der Waals surface area contributed by atoms with E-state index < -0.39 is 8.32 Å². The fourth-order valence-corrected chi connectivity index (χ4v) is 13.0. The number of hydrogen-bond acceptors (Lipinski definition) is 4. The minimum absolute atomic E-state index is 0.163. The molecule has 0 bridgehead atoms. The normalized spacial score (nSPS) is 23.6.